The molecule has 35 heavy (non-hydrogen) atoms. The molecule has 188 valence electrons. The molecule has 1 aliphatic rings. The van der Waals surface area contributed by atoms with E-state index in [9.17, 15) is 18.0 Å². The lowest BCUT2D eigenvalue weighted by molar-refractivity contribution is -0.143. The third kappa shape index (κ3) is 5.59. The number of benzene rings is 1. The second kappa shape index (κ2) is 10.4. The molecular weight excluding hydrogens is 465 g/mol. The van der Waals surface area contributed by atoms with Crippen molar-refractivity contribution < 1.29 is 27.4 Å². The fraction of sp³-hybridized carbons (Fsp3) is 0.435. The second-order valence-corrected chi connectivity index (χ2v) is 8.01. The molecular formula is C23H27F3N6O3. The molecule has 0 radical (unpaired) electrons. The van der Waals surface area contributed by atoms with Crippen LogP contribution in [0.25, 0.3) is 5.65 Å². The molecule has 0 aliphatic carbocycles. The largest absolute Gasteiger partial charge is 0.497 e. The van der Waals surface area contributed by atoms with Crippen molar-refractivity contribution in [1.82, 2.24) is 19.9 Å². The van der Waals surface area contributed by atoms with Gasteiger partial charge in [-0.3, -0.25) is 4.79 Å². The fourth-order valence-electron chi connectivity index (χ4n) is 3.95. The lowest BCUT2D eigenvalue weighted by Crippen LogP contribution is -2.44. The van der Waals surface area contributed by atoms with E-state index in [1.165, 1.54) is 0 Å². The number of imidazole rings is 1. The van der Waals surface area contributed by atoms with E-state index < -0.39 is 17.8 Å². The maximum atomic E-state index is 13.8. The van der Waals surface area contributed by atoms with Crippen LogP contribution in [0.2, 0.25) is 0 Å². The second-order valence-electron chi connectivity index (χ2n) is 8.01. The van der Waals surface area contributed by atoms with Gasteiger partial charge in [0.05, 0.1) is 25.6 Å². The molecule has 0 spiro atoms. The number of nitrogens with one attached hydrogen (secondary N) is 1. The first kappa shape index (κ1) is 24.6. The van der Waals surface area contributed by atoms with Crippen molar-refractivity contribution in [3.63, 3.8) is 0 Å². The maximum Gasteiger partial charge on any atom is 0.435 e. The number of methoxy groups -OCH3 is 1. The molecule has 0 atom stereocenters. The van der Waals surface area contributed by atoms with Crippen LogP contribution in [0.1, 0.15) is 18.2 Å². The van der Waals surface area contributed by atoms with E-state index in [1.54, 1.807) is 37.1 Å². The molecule has 0 saturated carbocycles. The van der Waals surface area contributed by atoms with Gasteiger partial charge in [0.25, 0.3) is 0 Å². The third-order valence-corrected chi connectivity index (χ3v) is 5.67. The highest BCUT2D eigenvalue weighted by Gasteiger charge is 2.36. The van der Waals surface area contributed by atoms with Crippen molar-refractivity contribution in [2.45, 2.75) is 19.6 Å². The molecule has 0 unspecified atom stereocenters. The molecule has 4 rings (SSSR count). The van der Waals surface area contributed by atoms with Gasteiger partial charge in [-0.25, -0.2) is 9.50 Å². The highest BCUT2D eigenvalue weighted by molar-refractivity contribution is 5.80. The van der Waals surface area contributed by atoms with Crippen LogP contribution in [0.5, 0.6) is 5.75 Å². The van der Waals surface area contributed by atoms with E-state index >= 15 is 0 Å². The van der Waals surface area contributed by atoms with Crippen LogP contribution in [-0.4, -0.2) is 67.0 Å². The monoisotopic (exact) mass is 492 g/mol. The smallest absolute Gasteiger partial charge is 0.435 e. The number of rotatable bonds is 8. The molecule has 2 aromatic heterocycles. The van der Waals surface area contributed by atoms with E-state index in [-0.39, 0.29) is 25.3 Å². The van der Waals surface area contributed by atoms with Crippen LogP contribution in [0.3, 0.4) is 0 Å². The summed E-state index contributed by atoms with van der Waals surface area (Å²) in [4.78, 5) is 20.1. The minimum absolute atomic E-state index is 0.00835. The quantitative estimate of drug-likeness (QED) is 0.481. The average molecular weight is 493 g/mol. The van der Waals surface area contributed by atoms with Gasteiger partial charge in [-0.2, -0.15) is 13.2 Å². The van der Waals surface area contributed by atoms with Gasteiger partial charge in [-0.05, 0) is 24.6 Å². The van der Waals surface area contributed by atoms with E-state index in [1.807, 2.05) is 17.0 Å². The Balaban J connectivity index is 1.82. The van der Waals surface area contributed by atoms with Crippen molar-refractivity contribution in [3.8, 4) is 5.75 Å². The summed E-state index contributed by atoms with van der Waals surface area (Å²) in [5, 5.41) is 7.51. The third-order valence-electron chi connectivity index (χ3n) is 5.67. The number of ether oxygens (including phenoxy) is 2. The van der Waals surface area contributed by atoms with Crippen LogP contribution >= 0.6 is 0 Å². The maximum absolute atomic E-state index is 13.8. The van der Waals surface area contributed by atoms with E-state index in [0.717, 1.165) is 16.3 Å². The van der Waals surface area contributed by atoms with E-state index in [2.05, 4.69) is 15.4 Å². The Hall–Kier alpha value is -3.54. The molecule has 3 aromatic rings. The highest BCUT2D eigenvalue weighted by Crippen LogP contribution is 2.34. The van der Waals surface area contributed by atoms with Gasteiger partial charge in [0.2, 0.25) is 0 Å². The number of hydrogen-bond donors (Lipinski definition) is 1. The number of nitrogens with zero attached hydrogens (tertiary/aromatic N) is 5. The van der Waals surface area contributed by atoms with Gasteiger partial charge in [0, 0.05) is 38.8 Å². The Morgan fingerprint density at radius 3 is 2.54 bits per heavy atom. The molecule has 1 saturated heterocycles. The summed E-state index contributed by atoms with van der Waals surface area (Å²) in [7, 11) is 1.56. The van der Waals surface area contributed by atoms with Crippen molar-refractivity contribution in [1.29, 1.82) is 0 Å². The van der Waals surface area contributed by atoms with Crippen molar-refractivity contribution in [2.75, 3.05) is 56.2 Å². The van der Waals surface area contributed by atoms with Crippen LogP contribution in [0.15, 0.2) is 36.5 Å². The van der Waals surface area contributed by atoms with Gasteiger partial charge < -0.3 is 24.6 Å². The van der Waals surface area contributed by atoms with E-state index in [4.69, 9.17) is 9.47 Å². The Morgan fingerprint density at radius 1 is 1.20 bits per heavy atom. The minimum Gasteiger partial charge on any atom is -0.497 e. The summed E-state index contributed by atoms with van der Waals surface area (Å²) < 4.78 is 52.5. The van der Waals surface area contributed by atoms with Crippen molar-refractivity contribution in [3.05, 3.63) is 47.8 Å². The molecule has 3 heterocycles. The molecule has 1 N–H and O–H groups in total. The number of aromatic nitrogens is 3. The topological polar surface area (TPSA) is 84.2 Å². The number of hydrogen-bond acceptors (Lipinski definition) is 8. The number of fused-ring (bicyclic) bond motifs is 1. The summed E-state index contributed by atoms with van der Waals surface area (Å²) in [6, 6.07) is 8.92. The first-order valence-electron chi connectivity index (χ1n) is 11.2. The number of anilines is 2. The van der Waals surface area contributed by atoms with Gasteiger partial charge in [-0.15, -0.1) is 5.10 Å². The zero-order valence-corrected chi connectivity index (χ0v) is 19.5. The minimum atomic E-state index is -4.65. The van der Waals surface area contributed by atoms with Gasteiger partial charge >= 0.3 is 12.1 Å². The number of piperazine rings is 1. The number of alkyl halides is 3. The number of halogens is 3. The van der Waals surface area contributed by atoms with Gasteiger partial charge in [-0.1, -0.05) is 12.1 Å². The molecule has 9 nitrogen and oxygen atoms in total. The molecule has 0 bridgehead atoms. The zero-order valence-electron chi connectivity index (χ0n) is 19.5. The summed E-state index contributed by atoms with van der Waals surface area (Å²) in [6.07, 6.45) is -3.88. The first-order valence-corrected chi connectivity index (χ1v) is 11.2. The van der Waals surface area contributed by atoms with Gasteiger partial charge in [0.15, 0.2) is 17.2 Å². The first-order chi connectivity index (χ1) is 16.8. The van der Waals surface area contributed by atoms with Crippen LogP contribution < -0.4 is 19.9 Å². The number of esters is 1. The lowest BCUT2D eigenvalue weighted by Gasteiger charge is -2.30. The Morgan fingerprint density at radius 2 is 1.91 bits per heavy atom. The predicted molar refractivity (Wildman–Crippen MR) is 124 cm³/mol. The SMILES string of the molecule is CCOC(=O)CN(Cc1ccc(OC)cc1)c1cc(N2CCNCC2)nn2c(C(F)(F)F)cnc12. The predicted octanol–water partition coefficient (Wildman–Crippen LogP) is 2.74. The summed E-state index contributed by atoms with van der Waals surface area (Å²) >= 11 is 0. The van der Waals surface area contributed by atoms with Crippen LogP contribution in [0, 0.1) is 0 Å². The molecule has 1 fully saturated rings. The van der Waals surface area contributed by atoms with E-state index in [0.29, 0.717) is 43.4 Å². The molecule has 1 aliphatic heterocycles. The molecule has 0 amide bonds. The van der Waals surface area contributed by atoms with Gasteiger partial charge in [0.1, 0.15) is 12.3 Å². The fourth-order valence-corrected chi connectivity index (χ4v) is 3.95. The highest BCUT2D eigenvalue weighted by atomic mass is 19.4. The lowest BCUT2D eigenvalue weighted by atomic mass is 10.2. The number of carbonyl (C=O) groups is 1. The Bertz CT molecular complexity index is 1160. The standard InChI is InChI=1S/C23H27F3N6O3/c1-3-35-21(33)15-31(14-16-4-6-17(34-2)7-5-16)18-12-20(30-10-8-27-9-11-30)29-32-19(23(24,25)26)13-28-22(18)32/h4-7,12-13,27H,3,8-11,14-15H2,1-2H3. The zero-order chi connectivity index (χ0) is 25.0. The van der Waals surface area contributed by atoms with Crippen molar-refractivity contribution >= 4 is 23.1 Å². The van der Waals surface area contributed by atoms with Crippen molar-refractivity contribution in [2.24, 2.45) is 0 Å². The number of carbonyl (C=O) groups excluding carboxylic acids is 1. The molecule has 1 aromatic carbocycles. The summed E-state index contributed by atoms with van der Waals surface area (Å²) in [6.45, 7) is 4.49. The molecule has 12 heteroatoms. The van der Waals surface area contributed by atoms with Crippen LogP contribution in [0.4, 0.5) is 24.7 Å². The Kier molecular flexibility index (Phi) is 7.29. The Labute approximate surface area is 200 Å². The summed E-state index contributed by atoms with van der Waals surface area (Å²) in [5.74, 6) is 0.546. The summed E-state index contributed by atoms with van der Waals surface area (Å²) in [5.41, 5.74) is 0.213. The normalized spacial score (nSPS) is 14.3. The van der Waals surface area contributed by atoms with Crippen LogP contribution in [-0.2, 0) is 22.3 Å². The average Bonchev–Trinajstić information content (AvgIpc) is 3.29.